The fourth-order valence-corrected chi connectivity index (χ4v) is 3.64. The molecule has 1 aromatic heterocycles. The number of nitrogens with one attached hydrogen (secondary N) is 2. The highest BCUT2D eigenvalue weighted by molar-refractivity contribution is 7.92. The van der Waals surface area contributed by atoms with Gasteiger partial charge in [0.15, 0.2) is 0 Å². The Morgan fingerprint density at radius 3 is 2.59 bits per heavy atom. The molecule has 0 aliphatic heterocycles. The number of anilines is 1. The van der Waals surface area contributed by atoms with Crippen LogP contribution in [0.2, 0.25) is 5.02 Å². The van der Waals surface area contributed by atoms with Gasteiger partial charge in [0.25, 0.3) is 15.9 Å². The second-order valence-electron chi connectivity index (χ2n) is 5.49. The molecule has 0 aliphatic rings. The van der Waals surface area contributed by atoms with Gasteiger partial charge in [0.05, 0.1) is 34.0 Å². The molecule has 0 radical (unpaired) electrons. The Morgan fingerprint density at radius 1 is 1.11 bits per heavy atom. The van der Waals surface area contributed by atoms with E-state index < -0.39 is 21.7 Å². The molecule has 0 saturated carbocycles. The quantitative estimate of drug-likeness (QED) is 0.649. The van der Waals surface area contributed by atoms with Crippen LogP contribution in [0.25, 0.3) is 0 Å². The summed E-state index contributed by atoms with van der Waals surface area (Å²) in [5.41, 5.74) is 0.204. The van der Waals surface area contributed by atoms with Gasteiger partial charge < -0.3 is 9.73 Å². The lowest BCUT2D eigenvalue weighted by atomic mass is 10.1. The normalized spacial score (nSPS) is 11.2. The lowest BCUT2D eigenvalue weighted by Gasteiger charge is -2.13. The molecule has 0 saturated heterocycles. The first-order valence-corrected chi connectivity index (χ1v) is 9.60. The van der Waals surface area contributed by atoms with Crippen LogP contribution in [0.15, 0.2) is 70.2 Å². The maximum atomic E-state index is 13.3. The van der Waals surface area contributed by atoms with Crippen molar-refractivity contribution in [2.45, 2.75) is 11.4 Å². The summed E-state index contributed by atoms with van der Waals surface area (Å²) < 4.78 is 45.8. The number of sulfonamides is 1. The smallest absolute Gasteiger partial charge is 0.261 e. The molecule has 0 unspecified atom stereocenters. The standard InChI is InChI=1S/C18H14ClFN2O4S/c19-15-10-13(7-8-16(15)20)27(24,25)22-17-6-2-1-5-14(17)18(23)21-11-12-4-3-9-26-12/h1-10,22H,11H2,(H,21,23). The van der Waals surface area contributed by atoms with Gasteiger partial charge in [-0.25, -0.2) is 12.8 Å². The molecule has 3 aromatic rings. The minimum atomic E-state index is -4.07. The van der Waals surface area contributed by atoms with Crippen molar-refractivity contribution in [1.82, 2.24) is 5.32 Å². The van der Waals surface area contributed by atoms with Crippen molar-refractivity contribution in [3.05, 3.63) is 83.0 Å². The monoisotopic (exact) mass is 408 g/mol. The van der Waals surface area contributed by atoms with Crippen LogP contribution < -0.4 is 10.0 Å². The molecule has 6 nitrogen and oxygen atoms in total. The highest BCUT2D eigenvalue weighted by Crippen LogP contribution is 2.23. The SMILES string of the molecule is O=C(NCc1ccco1)c1ccccc1NS(=O)(=O)c1ccc(F)c(Cl)c1. The first-order valence-electron chi connectivity index (χ1n) is 7.74. The van der Waals surface area contributed by atoms with Crippen LogP contribution in [0.5, 0.6) is 0 Å². The van der Waals surface area contributed by atoms with Gasteiger partial charge in [0, 0.05) is 0 Å². The molecule has 0 fully saturated rings. The van der Waals surface area contributed by atoms with E-state index in [0.29, 0.717) is 5.76 Å². The van der Waals surface area contributed by atoms with Gasteiger partial charge in [0.2, 0.25) is 0 Å². The number of carbonyl (C=O) groups is 1. The molecule has 9 heteroatoms. The molecule has 0 atom stereocenters. The Labute approximate surface area is 160 Å². The number of hydrogen-bond acceptors (Lipinski definition) is 4. The molecular weight excluding hydrogens is 395 g/mol. The van der Waals surface area contributed by atoms with Crippen LogP contribution in [0, 0.1) is 5.82 Å². The molecular formula is C18H14ClFN2O4S. The van der Waals surface area contributed by atoms with Crippen molar-refractivity contribution in [2.24, 2.45) is 0 Å². The average Bonchev–Trinajstić information content (AvgIpc) is 3.15. The molecule has 2 N–H and O–H groups in total. The number of hydrogen-bond donors (Lipinski definition) is 2. The van der Waals surface area contributed by atoms with E-state index in [4.69, 9.17) is 16.0 Å². The van der Waals surface area contributed by atoms with Crippen molar-refractivity contribution < 1.29 is 22.0 Å². The van der Waals surface area contributed by atoms with Crippen LogP contribution in [0.1, 0.15) is 16.1 Å². The first kappa shape index (κ1) is 18.9. The van der Waals surface area contributed by atoms with E-state index in [9.17, 15) is 17.6 Å². The van der Waals surface area contributed by atoms with E-state index in [0.717, 1.165) is 18.2 Å². The van der Waals surface area contributed by atoms with Gasteiger partial charge >= 0.3 is 0 Å². The van der Waals surface area contributed by atoms with Crippen molar-refractivity contribution in [2.75, 3.05) is 4.72 Å². The van der Waals surface area contributed by atoms with Crippen LogP contribution in [0.4, 0.5) is 10.1 Å². The zero-order valence-electron chi connectivity index (χ0n) is 13.8. The van der Waals surface area contributed by atoms with Crippen LogP contribution in [-0.4, -0.2) is 14.3 Å². The molecule has 1 amide bonds. The highest BCUT2D eigenvalue weighted by atomic mass is 35.5. The largest absolute Gasteiger partial charge is 0.467 e. The van der Waals surface area contributed by atoms with Crippen molar-refractivity contribution in [3.8, 4) is 0 Å². The van der Waals surface area contributed by atoms with Gasteiger partial charge in [-0.2, -0.15) is 0 Å². The minimum absolute atomic E-state index is 0.0786. The second kappa shape index (κ2) is 7.81. The number of halogens is 2. The number of para-hydroxylation sites is 1. The molecule has 0 bridgehead atoms. The Kier molecular flexibility index (Phi) is 5.48. The van der Waals surface area contributed by atoms with Gasteiger partial charge in [-0.05, 0) is 42.5 Å². The highest BCUT2D eigenvalue weighted by Gasteiger charge is 2.19. The topological polar surface area (TPSA) is 88.4 Å². The summed E-state index contributed by atoms with van der Waals surface area (Å²) in [4.78, 5) is 12.2. The third-order valence-electron chi connectivity index (χ3n) is 3.62. The van der Waals surface area contributed by atoms with Gasteiger partial charge in [-0.15, -0.1) is 0 Å². The van der Waals surface area contributed by atoms with E-state index >= 15 is 0 Å². The first-order chi connectivity index (χ1) is 12.9. The zero-order chi connectivity index (χ0) is 19.4. The third kappa shape index (κ3) is 4.47. The summed E-state index contributed by atoms with van der Waals surface area (Å²) >= 11 is 5.65. The molecule has 27 heavy (non-hydrogen) atoms. The predicted molar refractivity (Wildman–Crippen MR) is 98.5 cm³/mol. The molecule has 0 aliphatic carbocycles. The van der Waals surface area contributed by atoms with Crippen LogP contribution >= 0.6 is 11.6 Å². The Morgan fingerprint density at radius 2 is 1.89 bits per heavy atom. The fraction of sp³-hybridized carbons (Fsp3) is 0.0556. The number of amides is 1. The fourth-order valence-electron chi connectivity index (χ4n) is 2.29. The summed E-state index contributed by atoms with van der Waals surface area (Å²) in [6.07, 6.45) is 1.48. The van der Waals surface area contributed by atoms with E-state index in [-0.39, 0.29) is 27.7 Å². The van der Waals surface area contributed by atoms with Gasteiger partial charge in [-0.1, -0.05) is 23.7 Å². The van der Waals surface area contributed by atoms with Crippen molar-refractivity contribution >= 4 is 33.2 Å². The van der Waals surface area contributed by atoms with E-state index in [1.165, 1.54) is 18.4 Å². The van der Waals surface area contributed by atoms with Crippen LogP contribution in [0.3, 0.4) is 0 Å². The predicted octanol–water partition coefficient (Wildman–Crippen LogP) is 3.80. The third-order valence-corrected chi connectivity index (χ3v) is 5.27. The Bertz CT molecular complexity index is 1070. The summed E-state index contributed by atoms with van der Waals surface area (Å²) in [7, 11) is -4.07. The molecule has 1 heterocycles. The summed E-state index contributed by atoms with van der Waals surface area (Å²) in [6.45, 7) is 0.153. The number of furan rings is 1. The van der Waals surface area contributed by atoms with Gasteiger partial charge in [0.1, 0.15) is 11.6 Å². The second-order valence-corrected chi connectivity index (χ2v) is 7.58. The molecule has 2 aromatic carbocycles. The minimum Gasteiger partial charge on any atom is -0.467 e. The van der Waals surface area contributed by atoms with Crippen LogP contribution in [-0.2, 0) is 16.6 Å². The van der Waals surface area contributed by atoms with E-state index in [2.05, 4.69) is 10.0 Å². The lowest BCUT2D eigenvalue weighted by molar-refractivity contribution is 0.0949. The Balaban J connectivity index is 1.82. The lowest BCUT2D eigenvalue weighted by Crippen LogP contribution is -2.24. The number of carbonyl (C=O) groups excluding carboxylic acids is 1. The van der Waals surface area contributed by atoms with Gasteiger partial charge in [-0.3, -0.25) is 9.52 Å². The number of rotatable bonds is 6. The number of benzene rings is 2. The Hall–Kier alpha value is -2.84. The molecule has 3 rings (SSSR count). The maximum Gasteiger partial charge on any atom is 0.261 e. The van der Waals surface area contributed by atoms with Crippen molar-refractivity contribution in [3.63, 3.8) is 0 Å². The van der Waals surface area contributed by atoms with E-state index in [1.54, 1.807) is 24.3 Å². The molecule has 0 spiro atoms. The molecule has 140 valence electrons. The summed E-state index contributed by atoms with van der Waals surface area (Å²) in [6, 6.07) is 12.6. The van der Waals surface area contributed by atoms with E-state index in [1.807, 2.05) is 0 Å². The summed E-state index contributed by atoms with van der Waals surface area (Å²) in [5.74, 6) is -0.655. The van der Waals surface area contributed by atoms with Crippen molar-refractivity contribution in [1.29, 1.82) is 0 Å². The zero-order valence-corrected chi connectivity index (χ0v) is 15.4. The average molecular weight is 409 g/mol. The maximum absolute atomic E-state index is 13.3. The summed E-state index contributed by atoms with van der Waals surface area (Å²) in [5, 5.41) is 2.33.